The van der Waals surface area contributed by atoms with Crippen LogP contribution in [0.25, 0.3) is 0 Å². The van der Waals surface area contributed by atoms with Crippen LogP contribution in [0.3, 0.4) is 0 Å². The molecule has 4 heteroatoms. The van der Waals surface area contributed by atoms with Crippen molar-refractivity contribution in [3.8, 4) is 0 Å². The highest BCUT2D eigenvalue weighted by molar-refractivity contribution is 5.08. The Kier molecular flexibility index (Phi) is 3.92. The van der Waals surface area contributed by atoms with Gasteiger partial charge in [-0.15, -0.1) is 0 Å². The highest BCUT2D eigenvalue weighted by Gasteiger charge is 2.12. The Balaban J connectivity index is 2.77. The molecule has 1 aromatic heterocycles. The van der Waals surface area contributed by atoms with Gasteiger partial charge in [0.15, 0.2) is 0 Å². The minimum Gasteiger partial charge on any atom is -0.396 e. The Morgan fingerprint density at radius 2 is 2.46 bits per heavy atom. The molecule has 3 N–H and O–H groups in total. The van der Waals surface area contributed by atoms with Gasteiger partial charge < -0.3 is 10.8 Å². The predicted octanol–water partition coefficient (Wildman–Crippen LogP) is 0.328. The lowest BCUT2D eigenvalue weighted by Gasteiger charge is -2.14. The number of aliphatic hydroxyl groups excluding tert-OH is 1. The standard InChI is InChI=1S/C9H17N3O/c1-2-12-9(3-5-11-12)8(7-10)4-6-13/h3,5,8,13H,2,4,6-7,10H2,1H3. The number of hydrogen-bond acceptors (Lipinski definition) is 3. The van der Waals surface area contributed by atoms with Crippen molar-refractivity contribution in [1.29, 1.82) is 0 Å². The van der Waals surface area contributed by atoms with Crippen molar-refractivity contribution in [2.75, 3.05) is 13.2 Å². The van der Waals surface area contributed by atoms with Gasteiger partial charge in [0, 0.05) is 37.5 Å². The molecule has 1 unspecified atom stereocenters. The van der Waals surface area contributed by atoms with Gasteiger partial charge in [0.05, 0.1) is 0 Å². The van der Waals surface area contributed by atoms with Gasteiger partial charge in [0.1, 0.15) is 0 Å². The second-order valence-corrected chi connectivity index (χ2v) is 3.02. The molecular formula is C9H17N3O. The van der Waals surface area contributed by atoms with E-state index in [1.54, 1.807) is 6.20 Å². The lowest BCUT2D eigenvalue weighted by atomic mass is 10.0. The van der Waals surface area contributed by atoms with Crippen molar-refractivity contribution in [2.45, 2.75) is 25.8 Å². The van der Waals surface area contributed by atoms with E-state index in [1.807, 2.05) is 17.7 Å². The van der Waals surface area contributed by atoms with E-state index in [9.17, 15) is 0 Å². The van der Waals surface area contributed by atoms with Crippen molar-refractivity contribution >= 4 is 0 Å². The molecule has 1 aromatic rings. The SMILES string of the molecule is CCn1nccc1C(CN)CCO. The molecular weight excluding hydrogens is 166 g/mol. The number of aryl methyl sites for hydroxylation is 1. The summed E-state index contributed by atoms with van der Waals surface area (Å²) in [5.74, 6) is 0.229. The van der Waals surface area contributed by atoms with Gasteiger partial charge in [0.25, 0.3) is 0 Å². The molecule has 4 nitrogen and oxygen atoms in total. The number of nitrogens with two attached hydrogens (primary N) is 1. The molecule has 0 amide bonds. The minimum atomic E-state index is 0.177. The molecule has 0 spiro atoms. The van der Waals surface area contributed by atoms with Crippen LogP contribution in [0.2, 0.25) is 0 Å². The zero-order valence-corrected chi connectivity index (χ0v) is 7.98. The molecule has 1 heterocycles. The van der Waals surface area contributed by atoms with Crippen LogP contribution in [0.4, 0.5) is 0 Å². The molecule has 13 heavy (non-hydrogen) atoms. The average molecular weight is 183 g/mol. The van der Waals surface area contributed by atoms with Crippen LogP contribution in [-0.2, 0) is 6.54 Å². The summed E-state index contributed by atoms with van der Waals surface area (Å²) in [6, 6.07) is 1.97. The molecule has 0 fully saturated rings. The monoisotopic (exact) mass is 183 g/mol. The lowest BCUT2D eigenvalue weighted by Crippen LogP contribution is -2.17. The molecule has 1 rings (SSSR count). The highest BCUT2D eigenvalue weighted by Crippen LogP contribution is 2.17. The smallest absolute Gasteiger partial charge is 0.0492 e. The van der Waals surface area contributed by atoms with E-state index in [0.717, 1.165) is 12.2 Å². The molecule has 0 bridgehead atoms. The van der Waals surface area contributed by atoms with Crippen LogP contribution >= 0.6 is 0 Å². The van der Waals surface area contributed by atoms with E-state index in [1.165, 1.54) is 0 Å². The first-order valence-corrected chi connectivity index (χ1v) is 4.66. The summed E-state index contributed by atoms with van der Waals surface area (Å²) in [7, 11) is 0. The normalized spacial score (nSPS) is 13.2. The molecule has 0 saturated heterocycles. The first-order valence-electron chi connectivity index (χ1n) is 4.66. The van der Waals surface area contributed by atoms with Crippen LogP contribution in [0.5, 0.6) is 0 Å². The van der Waals surface area contributed by atoms with E-state index in [0.29, 0.717) is 13.0 Å². The fraction of sp³-hybridized carbons (Fsp3) is 0.667. The van der Waals surface area contributed by atoms with Crippen LogP contribution in [0, 0.1) is 0 Å². The topological polar surface area (TPSA) is 64.1 Å². The van der Waals surface area contributed by atoms with Gasteiger partial charge in [-0.25, -0.2) is 0 Å². The number of aromatic nitrogens is 2. The van der Waals surface area contributed by atoms with Gasteiger partial charge in [-0.3, -0.25) is 4.68 Å². The molecule has 0 aliphatic carbocycles. The summed E-state index contributed by atoms with van der Waals surface area (Å²) in [6.45, 7) is 3.64. The highest BCUT2D eigenvalue weighted by atomic mass is 16.3. The van der Waals surface area contributed by atoms with Crippen LogP contribution in [-0.4, -0.2) is 28.0 Å². The van der Waals surface area contributed by atoms with Crippen molar-refractivity contribution in [3.63, 3.8) is 0 Å². The summed E-state index contributed by atoms with van der Waals surface area (Å²) in [5, 5.41) is 13.0. The summed E-state index contributed by atoms with van der Waals surface area (Å²) in [6.07, 6.45) is 2.49. The van der Waals surface area contributed by atoms with Crippen LogP contribution < -0.4 is 5.73 Å². The summed E-state index contributed by atoms with van der Waals surface area (Å²) in [4.78, 5) is 0. The first-order chi connectivity index (χ1) is 6.33. The first kappa shape index (κ1) is 10.2. The number of aliphatic hydroxyl groups is 1. The quantitative estimate of drug-likeness (QED) is 0.691. The van der Waals surface area contributed by atoms with Crippen molar-refractivity contribution < 1.29 is 5.11 Å². The maximum atomic E-state index is 8.84. The molecule has 0 radical (unpaired) electrons. The zero-order valence-electron chi connectivity index (χ0n) is 7.98. The fourth-order valence-corrected chi connectivity index (χ4v) is 1.50. The molecule has 0 aromatic carbocycles. The maximum absolute atomic E-state index is 8.84. The van der Waals surface area contributed by atoms with Crippen molar-refractivity contribution in [2.24, 2.45) is 5.73 Å². The van der Waals surface area contributed by atoms with Gasteiger partial charge in [-0.05, 0) is 19.4 Å². The van der Waals surface area contributed by atoms with E-state index >= 15 is 0 Å². The van der Waals surface area contributed by atoms with E-state index in [-0.39, 0.29) is 12.5 Å². The third-order valence-corrected chi connectivity index (χ3v) is 2.23. The van der Waals surface area contributed by atoms with Crippen LogP contribution in [0.1, 0.15) is 25.0 Å². The molecule has 0 saturated carbocycles. The van der Waals surface area contributed by atoms with Crippen molar-refractivity contribution in [3.05, 3.63) is 18.0 Å². The van der Waals surface area contributed by atoms with Gasteiger partial charge in [-0.1, -0.05) is 0 Å². The molecule has 0 aliphatic heterocycles. The minimum absolute atomic E-state index is 0.177. The number of rotatable bonds is 5. The fourth-order valence-electron chi connectivity index (χ4n) is 1.50. The lowest BCUT2D eigenvalue weighted by molar-refractivity contribution is 0.274. The third-order valence-electron chi connectivity index (χ3n) is 2.23. The van der Waals surface area contributed by atoms with E-state index in [2.05, 4.69) is 5.10 Å². The Labute approximate surface area is 78.4 Å². The largest absolute Gasteiger partial charge is 0.396 e. The summed E-state index contributed by atoms with van der Waals surface area (Å²) >= 11 is 0. The van der Waals surface area contributed by atoms with E-state index in [4.69, 9.17) is 10.8 Å². The second-order valence-electron chi connectivity index (χ2n) is 3.02. The Hall–Kier alpha value is -0.870. The number of nitrogens with zero attached hydrogens (tertiary/aromatic N) is 2. The van der Waals surface area contributed by atoms with Gasteiger partial charge in [0.2, 0.25) is 0 Å². The van der Waals surface area contributed by atoms with Gasteiger partial charge in [-0.2, -0.15) is 5.10 Å². The Morgan fingerprint density at radius 1 is 1.69 bits per heavy atom. The average Bonchev–Trinajstić information content (AvgIpc) is 2.61. The van der Waals surface area contributed by atoms with E-state index < -0.39 is 0 Å². The Bertz CT molecular complexity index is 247. The molecule has 74 valence electrons. The zero-order chi connectivity index (χ0) is 9.68. The molecule has 1 atom stereocenters. The summed E-state index contributed by atoms with van der Waals surface area (Å²) in [5.41, 5.74) is 6.75. The van der Waals surface area contributed by atoms with Gasteiger partial charge >= 0.3 is 0 Å². The molecule has 0 aliphatic rings. The van der Waals surface area contributed by atoms with Crippen LogP contribution in [0.15, 0.2) is 12.3 Å². The van der Waals surface area contributed by atoms with Crippen molar-refractivity contribution in [1.82, 2.24) is 9.78 Å². The predicted molar refractivity (Wildman–Crippen MR) is 51.4 cm³/mol. The third kappa shape index (κ3) is 2.29. The maximum Gasteiger partial charge on any atom is 0.0492 e. The Morgan fingerprint density at radius 3 is 3.00 bits per heavy atom. The second kappa shape index (κ2) is 4.99. The number of hydrogen-bond donors (Lipinski definition) is 2. The summed E-state index contributed by atoms with van der Waals surface area (Å²) < 4.78 is 1.92.